The summed E-state index contributed by atoms with van der Waals surface area (Å²) in [6.45, 7) is 8.20. The molecule has 1 aliphatic carbocycles. The highest BCUT2D eigenvalue weighted by Gasteiger charge is 2.43. The summed E-state index contributed by atoms with van der Waals surface area (Å²) in [6.07, 6.45) is 3.24. The summed E-state index contributed by atoms with van der Waals surface area (Å²) in [4.78, 5) is 4.28. The Balaban J connectivity index is 0.000000396. The van der Waals surface area contributed by atoms with Crippen molar-refractivity contribution in [1.29, 1.82) is 0 Å². The van der Waals surface area contributed by atoms with Crippen LogP contribution < -0.4 is 0 Å². The van der Waals surface area contributed by atoms with E-state index in [4.69, 9.17) is 4.52 Å². The Bertz CT molecular complexity index is 264. The minimum Gasteiger partial charge on any atom is -0.339 e. The first-order valence-corrected chi connectivity index (χ1v) is 5.08. The molecule has 0 bridgehead atoms. The molecule has 0 N–H and O–H groups in total. The minimum atomic E-state index is 0.247. The van der Waals surface area contributed by atoms with Crippen LogP contribution in [0.3, 0.4) is 0 Å². The number of hydrogen-bond acceptors (Lipinski definition) is 3. The molecule has 0 saturated heterocycles. The van der Waals surface area contributed by atoms with Gasteiger partial charge in [-0.1, -0.05) is 32.9 Å². The highest BCUT2D eigenvalue weighted by atomic mass is 16.5. The first-order chi connectivity index (χ1) is 6.24. The summed E-state index contributed by atoms with van der Waals surface area (Å²) < 4.78 is 5.02. The molecule has 1 aromatic heterocycles. The zero-order valence-electron chi connectivity index (χ0n) is 8.92. The van der Waals surface area contributed by atoms with E-state index in [1.54, 1.807) is 0 Å². The lowest BCUT2D eigenvalue weighted by atomic mass is 10.1. The Labute approximate surface area is 79.5 Å². The Morgan fingerprint density at radius 2 is 2.00 bits per heavy atom. The van der Waals surface area contributed by atoms with Gasteiger partial charge < -0.3 is 4.52 Å². The van der Waals surface area contributed by atoms with Crippen LogP contribution in [0, 0.1) is 0 Å². The molecule has 0 spiro atoms. The van der Waals surface area contributed by atoms with Gasteiger partial charge in [-0.3, -0.25) is 0 Å². The summed E-state index contributed by atoms with van der Waals surface area (Å²) in [5.74, 6) is 1.66. The third-order valence-electron chi connectivity index (χ3n) is 2.31. The Morgan fingerprint density at radius 1 is 1.38 bits per heavy atom. The maximum Gasteiger partial charge on any atom is 0.226 e. The Kier molecular flexibility index (Phi) is 3.07. The van der Waals surface area contributed by atoms with Crippen molar-refractivity contribution in [1.82, 2.24) is 10.1 Å². The smallest absolute Gasteiger partial charge is 0.226 e. The predicted octanol–water partition coefficient (Wildman–Crippen LogP) is 2.71. The van der Waals surface area contributed by atoms with E-state index in [0.29, 0.717) is 0 Å². The van der Waals surface area contributed by atoms with Gasteiger partial charge in [0.2, 0.25) is 5.89 Å². The molecule has 0 radical (unpaired) electrons. The van der Waals surface area contributed by atoms with Crippen LogP contribution in [-0.4, -0.2) is 10.1 Å². The van der Waals surface area contributed by atoms with Crippen molar-refractivity contribution < 1.29 is 4.52 Å². The van der Waals surface area contributed by atoms with E-state index in [1.165, 1.54) is 12.8 Å². The maximum atomic E-state index is 5.02. The van der Waals surface area contributed by atoms with Gasteiger partial charge in [0.1, 0.15) is 0 Å². The Morgan fingerprint density at radius 3 is 2.38 bits per heavy atom. The van der Waals surface area contributed by atoms with E-state index in [2.05, 4.69) is 17.1 Å². The van der Waals surface area contributed by atoms with Crippen LogP contribution in [0.4, 0.5) is 0 Å². The largest absolute Gasteiger partial charge is 0.339 e. The van der Waals surface area contributed by atoms with E-state index in [0.717, 1.165) is 18.1 Å². The summed E-state index contributed by atoms with van der Waals surface area (Å²) >= 11 is 0. The highest BCUT2D eigenvalue weighted by molar-refractivity contribution is 5.14. The molecule has 74 valence electrons. The maximum absolute atomic E-state index is 5.02. The molecule has 1 fully saturated rings. The second kappa shape index (κ2) is 3.90. The van der Waals surface area contributed by atoms with Crippen molar-refractivity contribution in [3.05, 3.63) is 11.7 Å². The number of nitrogens with zero attached hydrogens (tertiary/aromatic N) is 2. The van der Waals surface area contributed by atoms with Crippen molar-refractivity contribution in [3.8, 4) is 0 Å². The average Bonchev–Trinajstić information content (AvgIpc) is 2.74. The van der Waals surface area contributed by atoms with Crippen LogP contribution in [0.1, 0.15) is 52.3 Å². The average molecular weight is 182 g/mol. The molecule has 0 aliphatic heterocycles. The molecule has 0 atom stereocenters. The predicted molar refractivity (Wildman–Crippen MR) is 51.6 cm³/mol. The van der Waals surface area contributed by atoms with Crippen molar-refractivity contribution in [2.24, 2.45) is 0 Å². The van der Waals surface area contributed by atoms with Gasteiger partial charge in [0.25, 0.3) is 0 Å². The van der Waals surface area contributed by atoms with Crippen LogP contribution >= 0.6 is 0 Å². The first kappa shape index (κ1) is 10.2. The second-order valence-corrected chi connectivity index (χ2v) is 3.43. The van der Waals surface area contributed by atoms with Crippen LogP contribution in [0.5, 0.6) is 0 Å². The van der Waals surface area contributed by atoms with Gasteiger partial charge in [-0.2, -0.15) is 4.98 Å². The van der Waals surface area contributed by atoms with Crippen molar-refractivity contribution >= 4 is 0 Å². The summed E-state index contributed by atoms with van der Waals surface area (Å²) in [7, 11) is 0. The molecule has 1 heterocycles. The fraction of sp³-hybridized carbons (Fsp3) is 0.800. The minimum absolute atomic E-state index is 0.247. The highest BCUT2D eigenvalue weighted by Crippen LogP contribution is 2.45. The number of hydrogen-bond donors (Lipinski definition) is 0. The van der Waals surface area contributed by atoms with Gasteiger partial charge in [-0.05, 0) is 12.8 Å². The molecule has 3 nitrogen and oxygen atoms in total. The van der Waals surface area contributed by atoms with E-state index < -0.39 is 0 Å². The van der Waals surface area contributed by atoms with Crippen LogP contribution in [0.15, 0.2) is 4.52 Å². The lowest BCUT2D eigenvalue weighted by Crippen LogP contribution is -2.02. The lowest BCUT2D eigenvalue weighted by molar-refractivity contribution is 0.373. The van der Waals surface area contributed by atoms with Gasteiger partial charge in [0.05, 0.1) is 0 Å². The standard InChI is InChI=1S/C8H12N2O.C2H6/c1-3-6-9-7(10-11-6)8(2)4-5-8;1-2/h3-5H2,1-2H3;1-2H3. The zero-order valence-corrected chi connectivity index (χ0v) is 8.92. The Hall–Kier alpha value is -0.860. The van der Waals surface area contributed by atoms with Crippen LogP contribution in [0.25, 0.3) is 0 Å². The van der Waals surface area contributed by atoms with Gasteiger partial charge in [0, 0.05) is 11.8 Å². The van der Waals surface area contributed by atoms with Gasteiger partial charge in [-0.25, -0.2) is 0 Å². The van der Waals surface area contributed by atoms with Gasteiger partial charge in [-0.15, -0.1) is 0 Å². The van der Waals surface area contributed by atoms with Crippen molar-refractivity contribution in [3.63, 3.8) is 0 Å². The summed E-state index contributed by atoms with van der Waals surface area (Å²) in [5.41, 5.74) is 0.247. The molecule has 0 amide bonds. The fourth-order valence-electron chi connectivity index (χ4n) is 1.05. The molecule has 13 heavy (non-hydrogen) atoms. The van der Waals surface area contributed by atoms with Crippen molar-refractivity contribution in [2.45, 2.75) is 52.4 Å². The quantitative estimate of drug-likeness (QED) is 0.706. The molecule has 2 rings (SSSR count). The van der Waals surface area contributed by atoms with E-state index in [9.17, 15) is 0 Å². The molecule has 1 aromatic rings. The van der Waals surface area contributed by atoms with Gasteiger partial charge >= 0.3 is 0 Å². The van der Waals surface area contributed by atoms with E-state index in [-0.39, 0.29) is 5.41 Å². The molecule has 0 aromatic carbocycles. The molecule has 1 saturated carbocycles. The summed E-state index contributed by atoms with van der Waals surface area (Å²) in [6, 6.07) is 0. The normalized spacial score (nSPS) is 17.5. The number of aromatic nitrogens is 2. The van der Waals surface area contributed by atoms with Gasteiger partial charge in [0.15, 0.2) is 5.82 Å². The SMILES string of the molecule is CC.CCc1nc(C2(C)CC2)no1. The van der Waals surface area contributed by atoms with Crippen LogP contribution in [-0.2, 0) is 11.8 Å². The molecular weight excluding hydrogens is 164 g/mol. The number of aryl methyl sites for hydroxylation is 1. The van der Waals surface area contributed by atoms with E-state index in [1.807, 2.05) is 20.8 Å². The van der Waals surface area contributed by atoms with Crippen LogP contribution in [0.2, 0.25) is 0 Å². The van der Waals surface area contributed by atoms with E-state index >= 15 is 0 Å². The first-order valence-electron chi connectivity index (χ1n) is 5.08. The molecule has 3 heteroatoms. The lowest BCUT2D eigenvalue weighted by Gasteiger charge is -1.96. The zero-order chi connectivity index (χ0) is 9.90. The molecule has 1 aliphatic rings. The molecular formula is C10H18N2O. The fourth-order valence-corrected chi connectivity index (χ4v) is 1.05. The topological polar surface area (TPSA) is 38.9 Å². The monoisotopic (exact) mass is 182 g/mol. The summed E-state index contributed by atoms with van der Waals surface area (Å²) in [5, 5.41) is 3.93. The third-order valence-corrected chi connectivity index (χ3v) is 2.31. The third kappa shape index (κ3) is 2.08. The molecule has 0 unspecified atom stereocenters. The van der Waals surface area contributed by atoms with Crippen molar-refractivity contribution in [2.75, 3.05) is 0 Å². The number of rotatable bonds is 2. The second-order valence-electron chi connectivity index (χ2n) is 3.43.